The van der Waals surface area contributed by atoms with Crippen LogP contribution in [0.2, 0.25) is 0 Å². The molecule has 0 radical (unpaired) electrons. The predicted octanol–water partition coefficient (Wildman–Crippen LogP) is 3.61. The molecule has 1 atom stereocenters. The molecule has 1 aliphatic rings. The zero-order valence-corrected chi connectivity index (χ0v) is 22.0. The first-order chi connectivity index (χ1) is 17.5. The van der Waals surface area contributed by atoms with Gasteiger partial charge in [0.1, 0.15) is 22.7 Å². The monoisotopic (exact) mass is 511 g/mol. The summed E-state index contributed by atoms with van der Waals surface area (Å²) in [5.41, 5.74) is -0.240. The first-order valence-electron chi connectivity index (χ1n) is 12.1. The lowest BCUT2D eigenvalue weighted by atomic mass is 10.1. The number of ether oxygens (including phenoxy) is 3. The first kappa shape index (κ1) is 27.5. The Labute approximate surface area is 216 Å². The molecule has 10 heteroatoms. The van der Waals surface area contributed by atoms with E-state index >= 15 is 0 Å². The maximum absolute atomic E-state index is 13.9. The molecular weight excluding hydrogens is 478 g/mol. The zero-order valence-electron chi connectivity index (χ0n) is 22.0. The maximum atomic E-state index is 13.9. The Hall–Kier alpha value is -4.08. The number of nitrogens with zero attached hydrogens (tertiary/aromatic N) is 3. The lowest BCUT2D eigenvalue weighted by molar-refractivity contribution is -0.153. The van der Waals surface area contributed by atoms with E-state index in [2.05, 4.69) is 0 Å². The number of rotatable bonds is 8. The first-order valence-corrected chi connectivity index (χ1v) is 12.1. The van der Waals surface area contributed by atoms with Crippen LogP contribution in [0.25, 0.3) is 5.70 Å². The second-order valence-corrected chi connectivity index (χ2v) is 9.33. The third-order valence-electron chi connectivity index (χ3n) is 5.48. The quantitative estimate of drug-likeness (QED) is 0.394. The molecule has 10 nitrogen and oxygen atoms in total. The van der Waals surface area contributed by atoms with E-state index in [1.165, 1.54) is 27.6 Å². The van der Waals surface area contributed by atoms with E-state index < -0.39 is 35.6 Å². The molecular formula is C27H33N3O7. The molecule has 0 bridgehead atoms. The van der Waals surface area contributed by atoms with Crippen LogP contribution in [0.5, 0.6) is 0 Å². The minimum Gasteiger partial charge on any atom is -0.464 e. The van der Waals surface area contributed by atoms with E-state index in [9.17, 15) is 19.2 Å². The highest BCUT2D eigenvalue weighted by Gasteiger charge is 2.49. The van der Waals surface area contributed by atoms with Crippen molar-refractivity contribution in [1.82, 2.24) is 9.47 Å². The molecule has 2 amide bonds. The number of aromatic nitrogens is 1. The molecule has 0 fully saturated rings. The molecule has 0 spiro atoms. The normalized spacial score (nSPS) is 15.6. The van der Waals surface area contributed by atoms with Crippen molar-refractivity contribution in [2.75, 3.05) is 25.2 Å². The molecule has 1 unspecified atom stereocenters. The molecule has 2 heterocycles. The Kier molecular flexibility index (Phi) is 8.42. The van der Waals surface area contributed by atoms with Crippen LogP contribution in [0.4, 0.5) is 10.6 Å². The molecule has 198 valence electrons. The average molecular weight is 512 g/mol. The molecule has 0 saturated heterocycles. The van der Waals surface area contributed by atoms with Crippen molar-refractivity contribution in [2.45, 2.75) is 52.8 Å². The minimum absolute atomic E-state index is 0.0361. The lowest BCUT2D eigenvalue weighted by Crippen LogP contribution is -2.43. The van der Waals surface area contributed by atoms with Crippen LogP contribution in [0.1, 0.15) is 40.2 Å². The Bertz CT molecular complexity index is 1190. The number of benzene rings is 1. The highest BCUT2D eigenvalue weighted by atomic mass is 16.6. The highest BCUT2D eigenvalue weighted by Crippen LogP contribution is 2.35. The highest BCUT2D eigenvalue weighted by molar-refractivity contribution is 6.27. The van der Waals surface area contributed by atoms with Crippen LogP contribution < -0.4 is 4.90 Å². The Morgan fingerprint density at radius 1 is 0.973 bits per heavy atom. The van der Waals surface area contributed by atoms with Gasteiger partial charge in [-0.25, -0.2) is 14.4 Å². The smallest absolute Gasteiger partial charge is 0.415 e. The van der Waals surface area contributed by atoms with Gasteiger partial charge in [0.05, 0.1) is 13.2 Å². The summed E-state index contributed by atoms with van der Waals surface area (Å²) < 4.78 is 17.4. The topological polar surface area (TPSA) is 107 Å². The summed E-state index contributed by atoms with van der Waals surface area (Å²) in [7, 11) is 1.49. The van der Waals surface area contributed by atoms with Gasteiger partial charge in [-0.1, -0.05) is 30.3 Å². The number of carbonyl (C=O) groups excluding carboxylic acids is 4. The van der Waals surface area contributed by atoms with Crippen molar-refractivity contribution in [3.05, 3.63) is 59.8 Å². The van der Waals surface area contributed by atoms with Crippen molar-refractivity contribution in [3.63, 3.8) is 0 Å². The number of esters is 2. The second-order valence-electron chi connectivity index (χ2n) is 9.33. The van der Waals surface area contributed by atoms with Gasteiger partial charge in [-0.15, -0.1) is 0 Å². The molecule has 1 aromatic heterocycles. The summed E-state index contributed by atoms with van der Waals surface area (Å²) in [4.78, 5) is 55.6. The van der Waals surface area contributed by atoms with E-state index in [1.54, 1.807) is 46.8 Å². The minimum atomic E-state index is -1.33. The van der Waals surface area contributed by atoms with Crippen LogP contribution in [0, 0.1) is 0 Å². The Morgan fingerprint density at radius 2 is 1.62 bits per heavy atom. The molecule has 0 saturated carbocycles. The van der Waals surface area contributed by atoms with Gasteiger partial charge < -0.3 is 19.1 Å². The van der Waals surface area contributed by atoms with Crippen LogP contribution in [0.15, 0.2) is 54.2 Å². The number of hydrogen-bond acceptors (Lipinski definition) is 7. The second kappa shape index (κ2) is 11.3. The van der Waals surface area contributed by atoms with Gasteiger partial charge in [-0.2, -0.15) is 0 Å². The van der Waals surface area contributed by atoms with Crippen molar-refractivity contribution < 1.29 is 33.4 Å². The van der Waals surface area contributed by atoms with E-state index in [1.807, 2.05) is 30.3 Å². The average Bonchev–Trinajstić information content (AvgIpc) is 3.41. The third kappa shape index (κ3) is 6.02. The number of amides is 2. The summed E-state index contributed by atoms with van der Waals surface area (Å²) in [6.07, 6.45) is 0.885. The van der Waals surface area contributed by atoms with E-state index in [-0.39, 0.29) is 36.8 Å². The van der Waals surface area contributed by atoms with Gasteiger partial charge in [0.15, 0.2) is 6.04 Å². The maximum Gasteiger partial charge on any atom is 0.415 e. The zero-order chi connectivity index (χ0) is 27.3. The van der Waals surface area contributed by atoms with Gasteiger partial charge in [0.2, 0.25) is 0 Å². The molecule has 0 aliphatic carbocycles. The predicted molar refractivity (Wildman–Crippen MR) is 136 cm³/mol. The van der Waals surface area contributed by atoms with Gasteiger partial charge >= 0.3 is 18.0 Å². The Morgan fingerprint density at radius 3 is 2.22 bits per heavy atom. The summed E-state index contributed by atoms with van der Waals surface area (Å²) in [6, 6.07) is 11.0. The molecule has 2 aromatic rings. The van der Waals surface area contributed by atoms with Crippen molar-refractivity contribution >= 4 is 35.5 Å². The SMILES string of the molecule is CCOC(=O)C1=C(n2cccc2N(C)C(=O)OC(C)(C)C)C(=O)N(Cc2ccccc2)C1C(=O)OCC. The molecule has 3 rings (SSSR count). The Balaban J connectivity index is 2.16. The van der Waals surface area contributed by atoms with Gasteiger partial charge in [0, 0.05) is 19.8 Å². The van der Waals surface area contributed by atoms with Crippen molar-refractivity contribution in [2.24, 2.45) is 0 Å². The lowest BCUT2D eigenvalue weighted by Gasteiger charge is -2.26. The van der Waals surface area contributed by atoms with Crippen LogP contribution >= 0.6 is 0 Å². The van der Waals surface area contributed by atoms with E-state index in [4.69, 9.17) is 14.2 Å². The molecule has 0 N–H and O–H groups in total. The number of carbonyl (C=O) groups is 4. The summed E-state index contributed by atoms with van der Waals surface area (Å²) in [6.45, 7) is 8.64. The largest absolute Gasteiger partial charge is 0.464 e. The fraction of sp³-hybridized carbons (Fsp3) is 0.407. The standard InChI is InChI=1S/C27H33N3O7/c1-7-35-24(32)20-21(29-16-12-15-19(29)28(6)26(34)37-27(3,4)5)23(31)30(22(20)25(33)36-8-2)17-18-13-10-9-11-14-18/h9-16,22H,7-8,17H2,1-6H3. The molecule has 1 aromatic carbocycles. The molecule has 1 aliphatic heterocycles. The van der Waals surface area contributed by atoms with E-state index in [0.29, 0.717) is 0 Å². The third-order valence-corrected chi connectivity index (χ3v) is 5.48. The summed E-state index contributed by atoms with van der Waals surface area (Å²) in [5.74, 6) is -1.89. The number of hydrogen-bond donors (Lipinski definition) is 0. The van der Waals surface area contributed by atoms with E-state index in [0.717, 1.165) is 5.56 Å². The van der Waals surface area contributed by atoms with Crippen LogP contribution in [-0.2, 0) is 35.1 Å². The fourth-order valence-electron chi connectivity index (χ4n) is 3.97. The van der Waals surface area contributed by atoms with Crippen molar-refractivity contribution in [3.8, 4) is 0 Å². The van der Waals surface area contributed by atoms with Crippen LogP contribution in [-0.4, -0.2) is 65.3 Å². The van der Waals surface area contributed by atoms with Gasteiger partial charge in [0.25, 0.3) is 5.91 Å². The van der Waals surface area contributed by atoms with Gasteiger partial charge in [-0.05, 0) is 52.3 Å². The fourth-order valence-corrected chi connectivity index (χ4v) is 3.97. The summed E-state index contributed by atoms with van der Waals surface area (Å²) in [5, 5.41) is 0. The van der Waals surface area contributed by atoms with Crippen molar-refractivity contribution in [1.29, 1.82) is 0 Å². The van der Waals surface area contributed by atoms with Crippen LogP contribution in [0.3, 0.4) is 0 Å². The molecule has 37 heavy (non-hydrogen) atoms. The summed E-state index contributed by atoms with van der Waals surface area (Å²) >= 11 is 0. The van der Waals surface area contributed by atoms with Gasteiger partial charge in [-0.3, -0.25) is 14.3 Å². The number of anilines is 1.